The van der Waals surface area contributed by atoms with Gasteiger partial charge in [0.25, 0.3) is 5.91 Å². The van der Waals surface area contributed by atoms with Crippen LogP contribution in [-0.2, 0) is 6.42 Å². The Bertz CT molecular complexity index is 693. The Morgan fingerprint density at radius 2 is 2.27 bits per heavy atom. The third-order valence-electron chi connectivity index (χ3n) is 4.41. The van der Waals surface area contributed by atoms with Crippen LogP contribution in [0.4, 0.5) is 0 Å². The fraction of sp³-hybridized carbons (Fsp3) is 0.471. The number of piperidine rings is 1. The van der Waals surface area contributed by atoms with Gasteiger partial charge in [0.1, 0.15) is 17.4 Å². The van der Waals surface area contributed by atoms with Crippen LogP contribution in [0.5, 0.6) is 0 Å². The first kappa shape index (κ1) is 15.1. The zero-order valence-corrected chi connectivity index (χ0v) is 12.7. The molecule has 22 heavy (non-hydrogen) atoms. The van der Waals surface area contributed by atoms with Crippen LogP contribution in [0, 0.1) is 0 Å². The number of nitrogens with zero attached hydrogens (tertiary/aromatic N) is 1. The van der Waals surface area contributed by atoms with Gasteiger partial charge in [-0.15, -0.1) is 0 Å². The highest BCUT2D eigenvalue weighted by atomic mass is 16.3. The standard InChI is InChI=1S/C17H21NO4/c1-2-12-4-5-15-13(8-12)14(9-22-15)16(20)18-7-3-6-17(21,10-18)11-19/h4-5,8-9,19,21H,2-3,6-7,10-11H2,1H3/t17-/m1/s1. The summed E-state index contributed by atoms with van der Waals surface area (Å²) >= 11 is 0. The van der Waals surface area contributed by atoms with Gasteiger partial charge in [0.2, 0.25) is 0 Å². The van der Waals surface area contributed by atoms with Gasteiger partial charge in [-0.05, 0) is 37.0 Å². The molecule has 1 atom stereocenters. The molecule has 1 aromatic heterocycles. The van der Waals surface area contributed by atoms with Crippen LogP contribution < -0.4 is 0 Å². The summed E-state index contributed by atoms with van der Waals surface area (Å²) in [4.78, 5) is 14.4. The second-order valence-corrected chi connectivity index (χ2v) is 6.05. The van der Waals surface area contributed by atoms with Gasteiger partial charge >= 0.3 is 0 Å². The van der Waals surface area contributed by atoms with Crippen LogP contribution in [0.2, 0.25) is 0 Å². The topological polar surface area (TPSA) is 73.9 Å². The summed E-state index contributed by atoms with van der Waals surface area (Å²) in [5.74, 6) is -0.154. The highest BCUT2D eigenvalue weighted by molar-refractivity contribution is 6.06. The van der Waals surface area contributed by atoms with Gasteiger partial charge < -0.3 is 19.5 Å². The van der Waals surface area contributed by atoms with Crippen molar-refractivity contribution in [1.29, 1.82) is 0 Å². The molecule has 0 spiro atoms. The summed E-state index contributed by atoms with van der Waals surface area (Å²) in [5.41, 5.74) is 1.16. The Morgan fingerprint density at radius 1 is 1.45 bits per heavy atom. The SMILES string of the molecule is CCc1ccc2occ(C(=O)N3CCC[C@](O)(CO)C3)c2c1. The molecule has 0 aliphatic carbocycles. The number of hydrogen-bond acceptors (Lipinski definition) is 4. The van der Waals surface area contributed by atoms with Crippen LogP contribution in [0.1, 0.15) is 35.7 Å². The summed E-state index contributed by atoms with van der Waals surface area (Å²) in [6, 6.07) is 5.85. The molecule has 0 bridgehead atoms. The maximum Gasteiger partial charge on any atom is 0.257 e. The summed E-state index contributed by atoms with van der Waals surface area (Å²) in [6.45, 7) is 2.47. The first-order valence-electron chi connectivity index (χ1n) is 7.69. The predicted molar refractivity (Wildman–Crippen MR) is 82.8 cm³/mol. The number of furan rings is 1. The summed E-state index contributed by atoms with van der Waals surface area (Å²) in [5, 5.41) is 20.3. The van der Waals surface area contributed by atoms with Gasteiger partial charge in [-0.1, -0.05) is 13.0 Å². The quantitative estimate of drug-likeness (QED) is 0.909. The third-order valence-corrected chi connectivity index (χ3v) is 4.41. The van der Waals surface area contributed by atoms with Crippen LogP contribution in [0.3, 0.4) is 0 Å². The molecule has 1 saturated heterocycles. The molecule has 5 nitrogen and oxygen atoms in total. The number of aliphatic hydroxyl groups excluding tert-OH is 1. The van der Waals surface area contributed by atoms with E-state index in [-0.39, 0.29) is 19.1 Å². The Kier molecular flexibility index (Phi) is 3.93. The average Bonchev–Trinajstić information content (AvgIpc) is 2.97. The minimum absolute atomic E-state index is 0.154. The molecular formula is C17H21NO4. The number of fused-ring (bicyclic) bond motifs is 1. The van der Waals surface area contributed by atoms with Crippen LogP contribution in [0.15, 0.2) is 28.9 Å². The van der Waals surface area contributed by atoms with E-state index >= 15 is 0 Å². The van der Waals surface area contributed by atoms with Gasteiger partial charge in [0, 0.05) is 11.9 Å². The second kappa shape index (κ2) is 5.74. The van der Waals surface area contributed by atoms with Crippen molar-refractivity contribution in [2.24, 2.45) is 0 Å². The molecule has 1 aromatic carbocycles. The minimum atomic E-state index is -1.19. The number of rotatable bonds is 3. The van der Waals surface area contributed by atoms with Gasteiger partial charge in [-0.25, -0.2) is 0 Å². The Morgan fingerprint density at radius 3 is 3.00 bits per heavy atom. The Balaban J connectivity index is 1.92. The van der Waals surface area contributed by atoms with E-state index in [2.05, 4.69) is 6.92 Å². The zero-order chi connectivity index (χ0) is 15.7. The number of benzene rings is 1. The number of aryl methyl sites for hydroxylation is 1. The molecule has 1 amide bonds. The molecule has 5 heteroatoms. The summed E-state index contributed by atoms with van der Waals surface area (Å²) in [6.07, 6.45) is 3.57. The fourth-order valence-corrected chi connectivity index (χ4v) is 3.05. The smallest absolute Gasteiger partial charge is 0.257 e. The fourth-order valence-electron chi connectivity index (χ4n) is 3.05. The van der Waals surface area contributed by atoms with E-state index < -0.39 is 5.60 Å². The molecule has 1 fully saturated rings. The van der Waals surface area contributed by atoms with Crippen molar-refractivity contribution in [2.75, 3.05) is 19.7 Å². The van der Waals surface area contributed by atoms with Crippen molar-refractivity contribution < 1.29 is 19.4 Å². The first-order valence-corrected chi connectivity index (χ1v) is 7.69. The van der Waals surface area contributed by atoms with E-state index in [1.54, 1.807) is 4.90 Å². The number of carbonyl (C=O) groups is 1. The number of likely N-dealkylation sites (tertiary alicyclic amines) is 1. The van der Waals surface area contributed by atoms with Gasteiger partial charge in [-0.3, -0.25) is 4.79 Å². The molecule has 1 aliphatic rings. The molecule has 3 rings (SSSR count). The molecule has 0 saturated carbocycles. The minimum Gasteiger partial charge on any atom is -0.463 e. The first-order chi connectivity index (χ1) is 10.6. The van der Waals surface area contributed by atoms with E-state index in [0.29, 0.717) is 30.5 Å². The lowest BCUT2D eigenvalue weighted by Gasteiger charge is -2.37. The number of hydrogen-bond donors (Lipinski definition) is 2. The Labute approximate surface area is 129 Å². The van der Waals surface area contributed by atoms with Crippen molar-refractivity contribution in [3.63, 3.8) is 0 Å². The molecular weight excluding hydrogens is 282 g/mol. The van der Waals surface area contributed by atoms with E-state index in [1.807, 2.05) is 18.2 Å². The lowest BCUT2D eigenvalue weighted by atomic mass is 9.93. The highest BCUT2D eigenvalue weighted by Crippen LogP contribution is 2.27. The van der Waals surface area contributed by atoms with Crippen molar-refractivity contribution in [3.05, 3.63) is 35.6 Å². The second-order valence-electron chi connectivity index (χ2n) is 6.05. The van der Waals surface area contributed by atoms with Gasteiger partial charge in [0.05, 0.1) is 18.7 Å². The normalized spacial score (nSPS) is 22.2. The lowest BCUT2D eigenvalue weighted by molar-refractivity contribution is -0.0598. The number of carbonyl (C=O) groups excluding carboxylic acids is 1. The van der Waals surface area contributed by atoms with Crippen molar-refractivity contribution in [1.82, 2.24) is 4.90 Å². The molecule has 1 aliphatic heterocycles. The molecule has 2 heterocycles. The Hall–Kier alpha value is -1.85. The molecule has 118 valence electrons. The van der Waals surface area contributed by atoms with Crippen molar-refractivity contribution >= 4 is 16.9 Å². The van der Waals surface area contributed by atoms with Gasteiger partial charge in [0.15, 0.2) is 0 Å². The molecule has 0 unspecified atom stereocenters. The van der Waals surface area contributed by atoms with E-state index in [0.717, 1.165) is 17.4 Å². The monoisotopic (exact) mass is 303 g/mol. The van der Waals surface area contributed by atoms with E-state index in [1.165, 1.54) is 6.26 Å². The molecule has 2 N–H and O–H groups in total. The van der Waals surface area contributed by atoms with Crippen molar-refractivity contribution in [3.8, 4) is 0 Å². The van der Waals surface area contributed by atoms with Gasteiger partial charge in [-0.2, -0.15) is 0 Å². The average molecular weight is 303 g/mol. The largest absolute Gasteiger partial charge is 0.463 e. The molecule has 2 aromatic rings. The van der Waals surface area contributed by atoms with Crippen molar-refractivity contribution in [2.45, 2.75) is 31.8 Å². The predicted octanol–water partition coefficient (Wildman–Crippen LogP) is 1.95. The number of aliphatic hydroxyl groups is 2. The zero-order valence-electron chi connectivity index (χ0n) is 12.7. The summed E-state index contributed by atoms with van der Waals surface area (Å²) in [7, 11) is 0. The number of amides is 1. The van der Waals surface area contributed by atoms with E-state index in [9.17, 15) is 15.0 Å². The lowest BCUT2D eigenvalue weighted by Crippen LogP contribution is -2.52. The van der Waals surface area contributed by atoms with E-state index in [4.69, 9.17) is 4.42 Å². The van der Waals surface area contributed by atoms with Crippen LogP contribution in [-0.4, -0.2) is 46.3 Å². The number of β-amino-alcohol motifs (C(OH)–C–C–N with tert-alkyl or cyclic N) is 1. The maximum absolute atomic E-state index is 12.8. The summed E-state index contributed by atoms with van der Waals surface area (Å²) < 4.78 is 5.48. The third kappa shape index (κ3) is 2.62. The maximum atomic E-state index is 12.8. The van der Waals surface area contributed by atoms with Crippen LogP contribution in [0.25, 0.3) is 11.0 Å². The highest BCUT2D eigenvalue weighted by Gasteiger charge is 2.35. The van der Waals surface area contributed by atoms with Crippen LogP contribution >= 0.6 is 0 Å². The molecule has 0 radical (unpaired) electrons.